The van der Waals surface area contributed by atoms with Crippen LogP contribution in [0, 0.1) is 0 Å². The van der Waals surface area contributed by atoms with Crippen LogP contribution in [-0.4, -0.2) is 26.1 Å². The SMILES string of the molecule is COCOCc1ccccc1-c1c(CO)cccc1OC. The van der Waals surface area contributed by atoms with Gasteiger partial charge in [-0.1, -0.05) is 36.4 Å². The fourth-order valence-electron chi connectivity index (χ4n) is 2.31. The van der Waals surface area contributed by atoms with Crippen LogP contribution in [0.2, 0.25) is 0 Å². The summed E-state index contributed by atoms with van der Waals surface area (Å²) in [5.41, 5.74) is 3.75. The molecule has 2 aromatic rings. The Hall–Kier alpha value is -1.88. The van der Waals surface area contributed by atoms with Gasteiger partial charge in [-0.3, -0.25) is 0 Å². The lowest BCUT2D eigenvalue weighted by Gasteiger charge is -2.16. The molecule has 0 unspecified atom stereocenters. The van der Waals surface area contributed by atoms with Crippen LogP contribution in [0.15, 0.2) is 42.5 Å². The van der Waals surface area contributed by atoms with Crippen molar-refractivity contribution in [2.75, 3.05) is 21.0 Å². The zero-order valence-electron chi connectivity index (χ0n) is 12.3. The predicted molar refractivity (Wildman–Crippen MR) is 81.0 cm³/mol. The molecular formula is C17H20O4. The van der Waals surface area contributed by atoms with E-state index >= 15 is 0 Å². The quantitative estimate of drug-likeness (QED) is 0.628. The van der Waals surface area contributed by atoms with Crippen molar-refractivity contribution < 1.29 is 19.3 Å². The summed E-state index contributed by atoms with van der Waals surface area (Å²) in [4.78, 5) is 0. The molecule has 0 aromatic heterocycles. The first-order chi connectivity index (χ1) is 10.3. The number of benzene rings is 2. The van der Waals surface area contributed by atoms with E-state index in [1.165, 1.54) is 0 Å². The number of methoxy groups -OCH3 is 2. The number of hydrogen-bond donors (Lipinski definition) is 1. The highest BCUT2D eigenvalue weighted by Crippen LogP contribution is 2.35. The van der Waals surface area contributed by atoms with E-state index in [0.717, 1.165) is 28.0 Å². The predicted octanol–water partition coefficient (Wildman–Crippen LogP) is 2.98. The van der Waals surface area contributed by atoms with Gasteiger partial charge in [0.1, 0.15) is 12.5 Å². The second-order valence-corrected chi connectivity index (χ2v) is 4.56. The second-order valence-electron chi connectivity index (χ2n) is 4.56. The monoisotopic (exact) mass is 288 g/mol. The van der Waals surface area contributed by atoms with Gasteiger partial charge in [-0.15, -0.1) is 0 Å². The lowest BCUT2D eigenvalue weighted by Crippen LogP contribution is -2.01. The van der Waals surface area contributed by atoms with E-state index in [-0.39, 0.29) is 13.4 Å². The zero-order valence-corrected chi connectivity index (χ0v) is 12.3. The van der Waals surface area contributed by atoms with Crippen LogP contribution in [0.1, 0.15) is 11.1 Å². The Bertz CT molecular complexity index is 559. The normalized spacial score (nSPS) is 10.6. The molecule has 4 nitrogen and oxygen atoms in total. The van der Waals surface area contributed by atoms with Crippen molar-refractivity contribution in [3.63, 3.8) is 0 Å². The number of aliphatic hydroxyl groups excluding tert-OH is 1. The minimum Gasteiger partial charge on any atom is -0.496 e. The Morgan fingerprint density at radius 2 is 1.71 bits per heavy atom. The van der Waals surface area contributed by atoms with Gasteiger partial charge in [0.25, 0.3) is 0 Å². The van der Waals surface area contributed by atoms with Crippen LogP contribution in [0.25, 0.3) is 11.1 Å². The summed E-state index contributed by atoms with van der Waals surface area (Å²) in [6, 6.07) is 13.6. The highest BCUT2D eigenvalue weighted by Gasteiger charge is 2.14. The van der Waals surface area contributed by atoms with Crippen LogP contribution >= 0.6 is 0 Å². The van der Waals surface area contributed by atoms with Crippen molar-refractivity contribution in [2.24, 2.45) is 0 Å². The van der Waals surface area contributed by atoms with Crippen LogP contribution in [-0.2, 0) is 22.7 Å². The highest BCUT2D eigenvalue weighted by atomic mass is 16.7. The van der Waals surface area contributed by atoms with Crippen LogP contribution in [0.3, 0.4) is 0 Å². The number of aliphatic hydroxyl groups is 1. The van der Waals surface area contributed by atoms with E-state index in [1.807, 2.05) is 42.5 Å². The molecule has 0 aliphatic carbocycles. The first-order valence-corrected chi connectivity index (χ1v) is 6.73. The zero-order chi connectivity index (χ0) is 15.1. The highest BCUT2D eigenvalue weighted by molar-refractivity contribution is 5.76. The second kappa shape index (κ2) is 7.78. The summed E-state index contributed by atoms with van der Waals surface area (Å²) >= 11 is 0. The Morgan fingerprint density at radius 1 is 0.952 bits per heavy atom. The van der Waals surface area contributed by atoms with Gasteiger partial charge in [0.2, 0.25) is 0 Å². The van der Waals surface area contributed by atoms with Crippen molar-refractivity contribution in [1.82, 2.24) is 0 Å². The molecule has 0 amide bonds. The van der Waals surface area contributed by atoms with Crippen molar-refractivity contribution in [3.05, 3.63) is 53.6 Å². The Morgan fingerprint density at radius 3 is 2.43 bits per heavy atom. The molecule has 0 heterocycles. The molecule has 0 saturated carbocycles. The minimum atomic E-state index is -0.0419. The lowest BCUT2D eigenvalue weighted by atomic mass is 9.95. The maximum absolute atomic E-state index is 9.60. The fraction of sp³-hybridized carbons (Fsp3) is 0.294. The van der Waals surface area contributed by atoms with Gasteiger partial charge in [0.15, 0.2) is 0 Å². The third-order valence-corrected chi connectivity index (χ3v) is 3.25. The summed E-state index contributed by atoms with van der Waals surface area (Å²) < 4.78 is 15.8. The lowest BCUT2D eigenvalue weighted by molar-refractivity contribution is -0.0389. The van der Waals surface area contributed by atoms with E-state index in [2.05, 4.69) is 0 Å². The summed E-state index contributed by atoms with van der Waals surface area (Å²) in [5, 5.41) is 9.60. The first-order valence-electron chi connectivity index (χ1n) is 6.73. The summed E-state index contributed by atoms with van der Waals surface area (Å²) in [6.07, 6.45) is 0. The van der Waals surface area contributed by atoms with Gasteiger partial charge < -0.3 is 19.3 Å². The first kappa shape index (κ1) is 15.5. The molecule has 2 aromatic carbocycles. The van der Waals surface area contributed by atoms with Crippen LogP contribution in [0.5, 0.6) is 5.75 Å². The molecule has 0 aliphatic rings. The van der Waals surface area contributed by atoms with Gasteiger partial charge in [-0.25, -0.2) is 0 Å². The minimum absolute atomic E-state index is 0.0419. The van der Waals surface area contributed by atoms with Crippen molar-refractivity contribution in [2.45, 2.75) is 13.2 Å². The number of rotatable bonds is 7. The standard InChI is InChI=1S/C17H20O4/c1-19-12-21-11-14-6-3-4-8-15(14)17-13(10-18)7-5-9-16(17)20-2/h3-9,18H,10-12H2,1-2H3. The molecule has 112 valence electrons. The van der Waals surface area contributed by atoms with E-state index in [1.54, 1.807) is 14.2 Å². The molecule has 0 aliphatic heterocycles. The third-order valence-electron chi connectivity index (χ3n) is 3.25. The maximum atomic E-state index is 9.60. The van der Waals surface area contributed by atoms with E-state index in [9.17, 15) is 5.11 Å². The van der Waals surface area contributed by atoms with E-state index in [0.29, 0.717) is 6.61 Å². The van der Waals surface area contributed by atoms with Crippen LogP contribution < -0.4 is 4.74 Å². The Labute approximate surface area is 124 Å². The van der Waals surface area contributed by atoms with E-state index < -0.39 is 0 Å². The number of hydrogen-bond acceptors (Lipinski definition) is 4. The van der Waals surface area contributed by atoms with Gasteiger partial charge in [0, 0.05) is 12.7 Å². The molecule has 0 bridgehead atoms. The van der Waals surface area contributed by atoms with Crippen LogP contribution in [0.4, 0.5) is 0 Å². The van der Waals surface area contributed by atoms with Gasteiger partial charge >= 0.3 is 0 Å². The molecular weight excluding hydrogens is 268 g/mol. The average Bonchev–Trinajstić information content (AvgIpc) is 2.54. The summed E-state index contributed by atoms with van der Waals surface area (Å²) in [6.45, 7) is 0.639. The molecule has 4 heteroatoms. The summed E-state index contributed by atoms with van der Waals surface area (Å²) in [5.74, 6) is 0.737. The van der Waals surface area contributed by atoms with Crippen molar-refractivity contribution in [3.8, 4) is 16.9 Å². The molecule has 1 N–H and O–H groups in total. The molecule has 0 saturated heterocycles. The third kappa shape index (κ3) is 3.61. The Kier molecular flexibility index (Phi) is 5.75. The van der Waals surface area contributed by atoms with Gasteiger partial charge in [-0.05, 0) is 22.8 Å². The fourth-order valence-corrected chi connectivity index (χ4v) is 2.31. The topological polar surface area (TPSA) is 47.9 Å². The van der Waals surface area contributed by atoms with Gasteiger partial charge in [0.05, 0.1) is 20.3 Å². The van der Waals surface area contributed by atoms with Crippen molar-refractivity contribution in [1.29, 1.82) is 0 Å². The Balaban J connectivity index is 2.46. The van der Waals surface area contributed by atoms with Gasteiger partial charge in [-0.2, -0.15) is 0 Å². The average molecular weight is 288 g/mol. The molecule has 2 rings (SSSR count). The molecule has 0 radical (unpaired) electrons. The molecule has 0 fully saturated rings. The molecule has 21 heavy (non-hydrogen) atoms. The summed E-state index contributed by atoms with van der Waals surface area (Å²) in [7, 11) is 3.22. The van der Waals surface area contributed by atoms with Crippen molar-refractivity contribution >= 4 is 0 Å². The number of ether oxygens (including phenoxy) is 3. The smallest absolute Gasteiger partial charge is 0.146 e. The largest absolute Gasteiger partial charge is 0.496 e. The van der Waals surface area contributed by atoms with E-state index in [4.69, 9.17) is 14.2 Å². The maximum Gasteiger partial charge on any atom is 0.146 e. The molecule has 0 atom stereocenters. The molecule has 0 spiro atoms.